The summed E-state index contributed by atoms with van der Waals surface area (Å²) in [6, 6.07) is 7.35. The summed E-state index contributed by atoms with van der Waals surface area (Å²) in [4.78, 5) is 29.7. The Hall–Kier alpha value is -3.07. The molecule has 0 spiro atoms. The molecule has 1 unspecified atom stereocenters. The lowest BCUT2D eigenvalue weighted by Gasteiger charge is -2.29. The van der Waals surface area contributed by atoms with E-state index in [1.54, 1.807) is 12.1 Å². The molecule has 152 valence electrons. The molecule has 1 atom stereocenters. The van der Waals surface area contributed by atoms with Gasteiger partial charge in [0, 0.05) is 31.4 Å². The van der Waals surface area contributed by atoms with Gasteiger partial charge in [-0.05, 0) is 32.0 Å². The molecule has 0 saturated heterocycles. The van der Waals surface area contributed by atoms with Crippen LogP contribution in [0.15, 0.2) is 39.0 Å². The number of hydrogen-bond acceptors (Lipinski definition) is 6. The van der Waals surface area contributed by atoms with E-state index in [0.717, 1.165) is 16.0 Å². The second-order valence-corrected chi connectivity index (χ2v) is 7.57. The van der Waals surface area contributed by atoms with Gasteiger partial charge in [0.05, 0.1) is 18.3 Å². The van der Waals surface area contributed by atoms with Gasteiger partial charge in [-0.2, -0.15) is 10.1 Å². The van der Waals surface area contributed by atoms with E-state index in [2.05, 4.69) is 15.4 Å². The molecule has 29 heavy (non-hydrogen) atoms. The highest BCUT2D eigenvalue weighted by molar-refractivity contribution is 6.30. The molecule has 4 rings (SSSR count). The molecule has 1 aromatic carbocycles. The summed E-state index contributed by atoms with van der Waals surface area (Å²) in [7, 11) is 3.09. The van der Waals surface area contributed by atoms with Crippen LogP contribution in [-0.4, -0.2) is 37.5 Å². The Kier molecular flexibility index (Phi) is 4.70. The van der Waals surface area contributed by atoms with Crippen LogP contribution in [-0.2, 0) is 14.1 Å². The van der Waals surface area contributed by atoms with Crippen LogP contribution in [0.1, 0.15) is 19.9 Å². The van der Waals surface area contributed by atoms with Crippen LogP contribution >= 0.6 is 11.6 Å². The first kappa shape index (κ1) is 19.3. The number of fused-ring (bicyclic) bond motifs is 3. The number of aromatic nitrogens is 4. The lowest BCUT2D eigenvalue weighted by Crippen LogP contribution is -2.39. The third-order valence-corrected chi connectivity index (χ3v) is 5.49. The summed E-state index contributed by atoms with van der Waals surface area (Å²) in [6.07, 6.45) is 0. The first-order chi connectivity index (χ1) is 13.8. The van der Waals surface area contributed by atoms with Gasteiger partial charge in [0.15, 0.2) is 11.2 Å². The van der Waals surface area contributed by atoms with Crippen molar-refractivity contribution >= 4 is 40.1 Å². The molecule has 1 N–H and O–H groups in total. The molecule has 0 fully saturated rings. The van der Waals surface area contributed by atoms with Crippen molar-refractivity contribution in [3.05, 3.63) is 50.1 Å². The average Bonchev–Trinajstić information content (AvgIpc) is 3.10. The fourth-order valence-electron chi connectivity index (χ4n) is 3.51. The van der Waals surface area contributed by atoms with E-state index in [1.165, 1.54) is 11.6 Å². The van der Waals surface area contributed by atoms with Crippen LogP contribution in [0.3, 0.4) is 0 Å². The first-order valence-electron chi connectivity index (χ1n) is 9.29. The first-order valence-corrected chi connectivity index (χ1v) is 9.67. The van der Waals surface area contributed by atoms with Gasteiger partial charge >= 0.3 is 5.69 Å². The number of imidazole rings is 1. The molecule has 0 radical (unpaired) electrons. The number of halogens is 1. The summed E-state index contributed by atoms with van der Waals surface area (Å²) < 4.78 is 4.36. The van der Waals surface area contributed by atoms with Crippen LogP contribution < -0.4 is 21.6 Å². The van der Waals surface area contributed by atoms with E-state index in [4.69, 9.17) is 11.6 Å². The standard InChI is InChI=1S/C19H22ClN7O2/c1-11-12(2)27-15-16(24(3)19(29)25(4)17(15)28)22-18(27)26(23-11)9-8-21-14-7-5-6-13(20)10-14/h5-7,10,12,21H,8-9H2,1-4H3. The van der Waals surface area contributed by atoms with Crippen LogP contribution in [0, 0.1) is 0 Å². The van der Waals surface area contributed by atoms with Crippen molar-refractivity contribution in [1.82, 2.24) is 18.7 Å². The number of nitrogens with one attached hydrogen (secondary N) is 1. The monoisotopic (exact) mass is 415 g/mol. The average molecular weight is 416 g/mol. The highest BCUT2D eigenvalue weighted by Gasteiger charge is 2.30. The van der Waals surface area contributed by atoms with Crippen molar-refractivity contribution in [3.8, 4) is 0 Å². The normalized spacial score (nSPS) is 16.1. The summed E-state index contributed by atoms with van der Waals surface area (Å²) in [5.41, 5.74) is 1.76. The Morgan fingerprint density at radius 1 is 1.21 bits per heavy atom. The molecule has 1 aliphatic rings. The van der Waals surface area contributed by atoms with Crippen molar-refractivity contribution in [2.24, 2.45) is 19.2 Å². The van der Waals surface area contributed by atoms with Gasteiger partial charge in [0.2, 0.25) is 5.95 Å². The molecule has 0 amide bonds. The van der Waals surface area contributed by atoms with Gasteiger partial charge in [-0.25, -0.2) is 9.80 Å². The topological polar surface area (TPSA) is 89.5 Å². The second-order valence-electron chi connectivity index (χ2n) is 7.14. The fraction of sp³-hybridized carbons (Fsp3) is 0.368. The van der Waals surface area contributed by atoms with E-state index in [-0.39, 0.29) is 11.6 Å². The van der Waals surface area contributed by atoms with Crippen molar-refractivity contribution in [2.75, 3.05) is 23.4 Å². The maximum atomic E-state index is 12.8. The SMILES string of the molecule is CC1=NN(CCNc2cccc(Cl)c2)c2nc3c(c(=O)n(C)c(=O)n3C)n2C1C. The quantitative estimate of drug-likeness (QED) is 0.703. The number of nitrogens with zero attached hydrogens (tertiary/aromatic N) is 6. The van der Waals surface area contributed by atoms with Crippen LogP contribution in [0.2, 0.25) is 5.02 Å². The van der Waals surface area contributed by atoms with Gasteiger partial charge in [-0.3, -0.25) is 18.5 Å². The minimum absolute atomic E-state index is 0.141. The zero-order chi connectivity index (χ0) is 20.9. The highest BCUT2D eigenvalue weighted by atomic mass is 35.5. The Bertz CT molecular complexity index is 1250. The smallest absolute Gasteiger partial charge is 0.332 e. The predicted molar refractivity (Wildman–Crippen MR) is 115 cm³/mol. The van der Waals surface area contributed by atoms with Gasteiger partial charge in [0.1, 0.15) is 0 Å². The maximum absolute atomic E-state index is 12.8. The van der Waals surface area contributed by atoms with Gasteiger partial charge in [0.25, 0.3) is 5.56 Å². The second kappa shape index (κ2) is 7.07. The largest absolute Gasteiger partial charge is 0.383 e. The van der Waals surface area contributed by atoms with Crippen molar-refractivity contribution in [2.45, 2.75) is 19.9 Å². The number of rotatable bonds is 4. The third kappa shape index (κ3) is 3.11. The molecule has 0 saturated carbocycles. The van der Waals surface area contributed by atoms with Gasteiger partial charge in [-0.1, -0.05) is 17.7 Å². The minimum atomic E-state index is -0.405. The zero-order valence-electron chi connectivity index (χ0n) is 16.7. The molecule has 1 aliphatic heterocycles. The molecule has 9 nitrogen and oxygen atoms in total. The van der Waals surface area contributed by atoms with E-state index < -0.39 is 5.69 Å². The van der Waals surface area contributed by atoms with E-state index >= 15 is 0 Å². The summed E-state index contributed by atoms with van der Waals surface area (Å²) >= 11 is 6.03. The van der Waals surface area contributed by atoms with E-state index in [1.807, 2.05) is 42.7 Å². The number of anilines is 2. The fourth-order valence-corrected chi connectivity index (χ4v) is 3.70. The molecule has 3 aromatic rings. The van der Waals surface area contributed by atoms with Crippen molar-refractivity contribution in [3.63, 3.8) is 0 Å². The molecule has 2 aromatic heterocycles. The molecular weight excluding hydrogens is 394 g/mol. The number of aryl methyl sites for hydroxylation is 1. The number of hydrogen-bond donors (Lipinski definition) is 1. The molecular formula is C19H22ClN7O2. The predicted octanol–water partition coefficient (Wildman–Crippen LogP) is 1.96. The van der Waals surface area contributed by atoms with Gasteiger partial charge in [-0.15, -0.1) is 0 Å². The van der Waals surface area contributed by atoms with Crippen LogP contribution in [0.25, 0.3) is 11.2 Å². The molecule has 10 heteroatoms. The Labute approximate surface area is 171 Å². The van der Waals surface area contributed by atoms with E-state index in [9.17, 15) is 9.59 Å². The summed E-state index contributed by atoms with van der Waals surface area (Å²) in [6.45, 7) is 5.00. The van der Waals surface area contributed by atoms with E-state index in [0.29, 0.717) is 35.2 Å². The third-order valence-electron chi connectivity index (χ3n) is 5.25. The summed E-state index contributed by atoms with van der Waals surface area (Å²) in [5.74, 6) is 0.546. The van der Waals surface area contributed by atoms with Crippen LogP contribution in [0.4, 0.5) is 11.6 Å². The van der Waals surface area contributed by atoms with Crippen molar-refractivity contribution < 1.29 is 0 Å². The lowest BCUT2D eigenvalue weighted by molar-refractivity contribution is 0.638. The zero-order valence-corrected chi connectivity index (χ0v) is 17.4. The molecule has 0 aliphatic carbocycles. The molecule has 3 heterocycles. The van der Waals surface area contributed by atoms with Crippen molar-refractivity contribution in [1.29, 1.82) is 0 Å². The van der Waals surface area contributed by atoms with Gasteiger partial charge < -0.3 is 5.32 Å². The number of benzene rings is 1. The molecule has 0 bridgehead atoms. The Balaban J connectivity index is 1.73. The maximum Gasteiger partial charge on any atom is 0.332 e. The Morgan fingerprint density at radius 3 is 2.69 bits per heavy atom. The number of hydrazone groups is 1. The Morgan fingerprint density at radius 2 is 1.97 bits per heavy atom. The highest BCUT2D eigenvalue weighted by Crippen LogP contribution is 2.29. The van der Waals surface area contributed by atoms with Crippen LogP contribution in [0.5, 0.6) is 0 Å². The minimum Gasteiger partial charge on any atom is -0.383 e. The summed E-state index contributed by atoms with van der Waals surface area (Å²) in [5, 5.41) is 10.4. The lowest BCUT2D eigenvalue weighted by atomic mass is 10.2.